The van der Waals surface area contributed by atoms with Crippen LogP contribution in [0.1, 0.15) is 22.3 Å². The minimum atomic E-state index is -4.06. The van der Waals surface area contributed by atoms with Crippen molar-refractivity contribution in [2.45, 2.75) is 18.2 Å². The molecule has 0 aromatic heterocycles. The van der Waals surface area contributed by atoms with Crippen molar-refractivity contribution < 1.29 is 41.4 Å². The van der Waals surface area contributed by atoms with Gasteiger partial charge in [-0.25, -0.2) is 0 Å². The number of Topliss-reactive ketones (excluding diaryl/α,β-unsaturated/α-hetero) is 1. The van der Waals surface area contributed by atoms with Gasteiger partial charge in [-0.3, -0.25) is 24.5 Å². The van der Waals surface area contributed by atoms with Gasteiger partial charge in [0.15, 0.2) is 12.4 Å². The normalized spacial score (nSPS) is 15.0. The van der Waals surface area contributed by atoms with E-state index >= 15 is 0 Å². The van der Waals surface area contributed by atoms with Crippen LogP contribution in [0, 0.1) is 23.0 Å². The Kier molecular flexibility index (Phi) is 8.14. The second-order valence-electron chi connectivity index (χ2n) is 8.92. The number of non-ortho nitro benzene ring substituents is 1. The van der Waals surface area contributed by atoms with Crippen LogP contribution in [0.3, 0.4) is 0 Å². The molecule has 0 radical (unpaired) electrons. The van der Waals surface area contributed by atoms with Gasteiger partial charge in [0, 0.05) is 24.6 Å². The van der Waals surface area contributed by atoms with Crippen molar-refractivity contribution in [2.24, 2.45) is 5.92 Å². The number of nitro groups is 1. The van der Waals surface area contributed by atoms with Crippen LogP contribution in [-0.4, -0.2) is 51.3 Å². The standard InChI is InChI=1S/C27H24N2O10S/c1-17-3-10-22(11-4-17)40(35,36)39-21-8-5-18(6-9-21)24(30)16-38-27(32)19-13-26(31)28(15-19)23-12-7-20(29(33)34)14-25(23)37-2/h3-12,14,19H,13,15-16H2,1-2H3/t19-/m0/s1. The van der Waals surface area contributed by atoms with E-state index in [1.54, 1.807) is 12.1 Å². The molecule has 3 aromatic carbocycles. The summed E-state index contributed by atoms with van der Waals surface area (Å²) in [7, 11) is -2.75. The number of aryl methyl sites for hydroxylation is 1. The Bertz CT molecular complexity index is 1570. The molecule has 40 heavy (non-hydrogen) atoms. The molecule has 0 unspecified atom stereocenters. The molecule has 4 rings (SSSR count). The Labute approximate surface area is 229 Å². The second-order valence-corrected chi connectivity index (χ2v) is 10.5. The summed E-state index contributed by atoms with van der Waals surface area (Å²) in [5.41, 5.74) is 1.11. The van der Waals surface area contributed by atoms with Crippen molar-refractivity contribution in [3.63, 3.8) is 0 Å². The lowest BCUT2D eigenvalue weighted by molar-refractivity contribution is -0.384. The molecular weight excluding hydrogens is 544 g/mol. The highest BCUT2D eigenvalue weighted by molar-refractivity contribution is 7.87. The number of carbonyl (C=O) groups is 3. The van der Waals surface area contributed by atoms with E-state index in [1.807, 2.05) is 6.92 Å². The fraction of sp³-hybridized carbons (Fsp3) is 0.222. The monoisotopic (exact) mass is 568 g/mol. The van der Waals surface area contributed by atoms with Crippen LogP contribution in [0.4, 0.5) is 11.4 Å². The zero-order valence-electron chi connectivity index (χ0n) is 21.4. The maximum absolute atomic E-state index is 12.6. The third-order valence-electron chi connectivity index (χ3n) is 6.16. The smallest absolute Gasteiger partial charge is 0.339 e. The van der Waals surface area contributed by atoms with E-state index < -0.39 is 45.2 Å². The molecule has 12 nitrogen and oxygen atoms in total. The molecule has 1 fully saturated rings. The topological polar surface area (TPSA) is 159 Å². The van der Waals surface area contributed by atoms with Gasteiger partial charge in [0.1, 0.15) is 16.4 Å². The van der Waals surface area contributed by atoms with Gasteiger partial charge in [0.25, 0.3) is 5.69 Å². The molecule has 1 amide bonds. The molecule has 1 heterocycles. The Morgan fingerprint density at radius 1 is 1.05 bits per heavy atom. The number of rotatable bonds is 10. The van der Waals surface area contributed by atoms with Crippen LogP contribution in [-0.2, 0) is 24.4 Å². The van der Waals surface area contributed by atoms with E-state index in [0.29, 0.717) is 0 Å². The quantitative estimate of drug-likeness (QED) is 0.116. The SMILES string of the molecule is COc1cc([N+](=O)[O-])ccc1N1C[C@@H](C(=O)OCC(=O)c2ccc(OS(=O)(=O)c3ccc(C)cc3)cc2)CC1=O. The number of carbonyl (C=O) groups excluding carboxylic acids is 3. The molecule has 0 spiro atoms. The molecule has 1 saturated heterocycles. The summed E-state index contributed by atoms with van der Waals surface area (Å²) >= 11 is 0. The highest BCUT2D eigenvalue weighted by Gasteiger charge is 2.37. The molecule has 0 bridgehead atoms. The van der Waals surface area contributed by atoms with Gasteiger partial charge in [0.2, 0.25) is 5.91 Å². The van der Waals surface area contributed by atoms with Gasteiger partial charge in [-0.1, -0.05) is 17.7 Å². The Morgan fingerprint density at radius 2 is 1.73 bits per heavy atom. The summed E-state index contributed by atoms with van der Waals surface area (Å²) in [4.78, 5) is 49.4. The van der Waals surface area contributed by atoms with Crippen LogP contribution in [0.25, 0.3) is 0 Å². The number of ether oxygens (including phenoxy) is 2. The van der Waals surface area contributed by atoms with Crippen molar-refractivity contribution in [2.75, 3.05) is 25.2 Å². The lowest BCUT2D eigenvalue weighted by atomic mass is 10.1. The first kappa shape index (κ1) is 28.2. The molecule has 3 aromatic rings. The summed E-state index contributed by atoms with van der Waals surface area (Å²) in [6.07, 6.45) is -0.172. The minimum Gasteiger partial charge on any atom is -0.494 e. The van der Waals surface area contributed by atoms with E-state index in [-0.39, 0.29) is 46.3 Å². The number of amides is 1. The van der Waals surface area contributed by atoms with Crippen LogP contribution in [0.15, 0.2) is 71.6 Å². The summed E-state index contributed by atoms with van der Waals surface area (Å²) < 4.78 is 40.3. The first-order valence-electron chi connectivity index (χ1n) is 11.9. The number of ketones is 1. The molecule has 13 heteroatoms. The van der Waals surface area contributed by atoms with Crippen molar-refractivity contribution in [1.82, 2.24) is 0 Å². The number of nitrogens with zero attached hydrogens (tertiary/aromatic N) is 2. The first-order chi connectivity index (χ1) is 19.0. The third kappa shape index (κ3) is 6.26. The lowest BCUT2D eigenvalue weighted by Crippen LogP contribution is -2.27. The molecule has 208 valence electrons. The van der Waals surface area contributed by atoms with E-state index in [2.05, 4.69) is 0 Å². The van der Waals surface area contributed by atoms with Crippen LogP contribution >= 0.6 is 0 Å². The van der Waals surface area contributed by atoms with Gasteiger partial charge in [-0.05, 0) is 49.4 Å². The minimum absolute atomic E-state index is 0.000325. The average Bonchev–Trinajstić information content (AvgIpc) is 3.32. The Hall–Kier alpha value is -4.78. The molecule has 1 aliphatic heterocycles. The van der Waals surface area contributed by atoms with Crippen LogP contribution < -0.4 is 13.8 Å². The maximum atomic E-state index is 12.6. The largest absolute Gasteiger partial charge is 0.494 e. The van der Waals surface area contributed by atoms with Crippen molar-refractivity contribution in [3.8, 4) is 11.5 Å². The van der Waals surface area contributed by atoms with E-state index in [4.69, 9.17) is 13.7 Å². The van der Waals surface area contributed by atoms with Crippen LogP contribution in [0.5, 0.6) is 11.5 Å². The number of nitro benzene ring substituents is 1. The van der Waals surface area contributed by atoms with Crippen LogP contribution in [0.2, 0.25) is 0 Å². The predicted molar refractivity (Wildman–Crippen MR) is 141 cm³/mol. The Balaban J connectivity index is 1.34. The number of esters is 1. The lowest BCUT2D eigenvalue weighted by Gasteiger charge is -2.19. The fourth-order valence-electron chi connectivity index (χ4n) is 4.02. The molecule has 0 aliphatic carbocycles. The maximum Gasteiger partial charge on any atom is 0.339 e. The van der Waals surface area contributed by atoms with Gasteiger partial charge in [0.05, 0.1) is 29.7 Å². The van der Waals surface area contributed by atoms with Crippen molar-refractivity contribution in [1.29, 1.82) is 0 Å². The summed E-state index contributed by atoms with van der Waals surface area (Å²) in [5.74, 6) is -2.46. The summed E-state index contributed by atoms with van der Waals surface area (Å²) in [6.45, 7) is 1.18. The summed E-state index contributed by atoms with van der Waals surface area (Å²) in [6, 6.07) is 15.2. The number of hydrogen-bond acceptors (Lipinski definition) is 10. The first-order valence-corrected chi connectivity index (χ1v) is 13.3. The molecule has 1 atom stereocenters. The zero-order valence-corrected chi connectivity index (χ0v) is 22.3. The highest BCUT2D eigenvalue weighted by atomic mass is 32.2. The fourth-order valence-corrected chi connectivity index (χ4v) is 4.95. The number of anilines is 1. The number of hydrogen-bond donors (Lipinski definition) is 0. The van der Waals surface area contributed by atoms with E-state index in [1.165, 1.54) is 66.6 Å². The number of benzene rings is 3. The highest BCUT2D eigenvalue weighted by Crippen LogP contribution is 2.36. The van der Waals surface area contributed by atoms with Crippen molar-refractivity contribution in [3.05, 3.63) is 88.0 Å². The average molecular weight is 569 g/mol. The molecule has 0 saturated carbocycles. The van der Waals surface area contributed by atoms with Gasteiger partial charge in [-0.2, -0.15) is 8.42 Å². The molecule has 1 aliphatic rings. The third-order valence-corrected chi connectivity index (χ3v) is 7.42. The van der Waals surface area contributed by atoms with Gasteiger partial charge in [-0.15, -0.1) is 0 Å². The number of methoxy groups -OCH3 is 1. The van der Waals surface area contributed by atoms with Crippen molar-refractivity contribution >= 4 is 39.2 Å². The molecular formula is C27H24N2O10S. The van der Waals surface area contributed by atoms with E-state index in [9.17, 15) is 32.9 Å². The second kappa shape index (κ2) is 11.5. The predicted octanol–water partition coefficient (Wildman–Crippen LogP) is 3.46. The van der Waals surface area contributed by atoms with Gasteiger partial charge >= 0.3 is 16.1 Å². The summed E-state index contributed by atoms with van der Waals surface area (Å²) in [5, 5.41) is 11.0. The van der Waals surface area contributed by atoms with E-state index in [0.717, 1.165) is 5.56 Å². The zero-order chi connectivity index (χ0) is 29.0. The molecule has 0 N–H and O–H groups in total. The Morgan fingerprint density at radius 3 is 2.35 bits per heavy atom. The van der Waals surface area contributed by atoms with Gasteiger partial charge < -0.3 is 18.6 Å².